The largest absolute Gasteiger partial charge is 0.508 e. The lowest BCUT2D eigenvalue weighted by molar-refractivity contribution is 0.474. The fraction of sp³-hybridized carbons (Fsp3) is 0.417. The lowest BCUT2D eigenvalue weighted by Crippen LogP contribution is -2.26. The zero-order chi connectivity index (χ0) is 12.8. The number of rotatable bonds is 6. The number of nitrogens with zero attached hydrogens (tertiary/aromatic N) is 3. The second-order valence-electron chi connectivity index (χ2n) is 4.32. The maximum atomic E-state index is 9.19. The van der Waals surface area contributed by atoms with E-state index in [1.54, 1.807) is 12.1 Å². The number of hydrogen-bond acceptors (Lipinski definition) is 5. The highest BCUT2D eigenvalue weighted by atomic mass is 16.3. The number of aromatic hydroxyl groups is 1. The van der Waals surface area contributed by atoms with Crippen LogP contribution in [0, 0.1) is 0 Å². The van der Waals surface area contributed by atoms with Crippen LogP contribution in [0.1, 0.15) is 24.7 Å². The second-order valence-corrected chi connectivity index (χ2v) is 4.32. The van der Waals surface area contributed by atoms with E-state index in [0.29, 0.717) is 24.2 Å². The van der Waals surface area contributed by atoms with E-state index < -0.39 is 0 Å². The van der Waals surface area contributed by atoms with Crippen LogP contribution in [-0.4, -0.2) is 31.8 Å². The van der Waals surface area contributed by atoms with Crippen molar-refractivity contribution in [2.24, 2.45) is 0 Å². The van der Waals surface area contributed by atoms with E-state index >= 15 is 0 Å². The van der Waals surface area contributed by atoms with E-state index in [2.05, 4.69) is 32.9 Å². The minimum absolute atomic E-state index is 0.307. The van der Waals surface area contributed by atoms with Gasteiger partial charge in [-0.3, -0.25) is 0 Å². The SMILES string of the molecule is CC(CCc1ccc(O)cc1)NCc1nn[nH]n1. The lowest BCUT2D eigenvalue weighted by Gasteiger charge is -2.12. The second kappa shape index (κ2) is 6.11. The average Bonchev–Trinajstić information content (AvgIpc) is 2.89. The first kappa shape index (κ1) is 12.5. The summed E-state index contributed by atoms with van der Waals surface area (Å²) < 4.78 is 0. The Bertz CT molecular complexity index is 454. The van der Waals surface area contributed by atoms with Crippen LogP contribution < -0.4 is 5.32 Å². The Morgan fingerprint density at radius 2 is 2.11 bits per heavy atom. The van der Waals surface area contributed by atoms with Crippen molar-refractivity contribution in [3.63, 3.8) is 0 Å². The van der Waals surface area contributed by atoms with Gasteiger partial charge in [0.15, 0.2) is 5.82 Å². The molecule has 1 unspecified atom stereocenters. The molecule has 1 atom stereocenters. The van der Waals surface area contributed by atoms with Gasteiger partial charge in [0.1, 0.15) is 5.75 Å². The van der Waals surface area contributed by atoms with Crippen LogP contribution in [-0.2, 0) is 13.0 Å². The first-order chi connectivity index (χ1) is 8.74. The van der Waals surface area contributed by atoms with Crippen LogP contribution in [0.2, 0.25) is 0 Å². The maximum absolute atomic E-state index is 9.19. The third-order valence-corrected chi connectivity index (χ3v) is 2.80. The molecule has 6 heteroatoms. The van der Waals surface area contributed by atoms with E-state index in [-0.39, 0.29) is 0 Å². The Morgan fingerprint density at radius 1 is 1.33 bits per heavy atom. The summed E-state index contributed by atoms with van der Waals surface area (Å²) in [6.45, 7) is 2.74. The average molecular weight is 247 g/mol. The van der Waals surface area contributed by atoms with Gasteiger partial charge in [-0.05, 0) is 37.5 Å². The van der Waals surface area contributed by atoms with Crippen LogP contribution in [0.5, 0.6) is 5.75 Å². The number of hydrogen-bond donors (Lipinski definition) is 3. The maximum Gasteiger partial charge on any atom is 0.188 e. The van der Waals surface area contributed by atoms with E-state index in [9.17, 15) is 5.11 Å². The number of H-pyrrole nitrogens is 1. The summed E-state index contributed by atoms with van der Waals surface area (Å²) in [6.07, 6.45) is 1.99. The molecular formula is C12H17N5O. The van der Waals surface area contributed by atoms with E-state index in [1.807, 2.05) is 12.1 Å². The Morgan fingerprint density at radius 3 is 2.78 bits per heavy atom. The normalized spacial score (nSPS) is 12.5. The summed E-state index contributed by atoms with van der Waals surface area (Å²) in [5.74, 6) is 0.980. The van der Waals surface area contributed by atoms with Crippen molar-refractivity contribution in [2.75, 3.05) is 0 Å². The zero-order valence-corrected chi connectivity index (χ0v) is 10.3. The van der Waals surface area contributed by atoms with Gasteiger partial charge in [0.05, 0.1) is 6.54 Å². The first-order valence-corrected chi connectivity index (χ1v) is 5.97. The number of phenols is 1. The minimum atomic E-state index is 0.307. The fourth-order valence-electron chi connectivity index (χ4n) is 1.67. The number of aromatic amines is 1. The van der Waals surface area contributed by atoms with Gasteiger partial charge >= 0.3 is 0 Å². The molecule has 1 heterocycles. The number of benzene rings is 1. The molecule has 0 bridgehead atoms. The minimum Gasteiger partial charge on any atom is -0.508 e. The number of tetrazole rings is 1. The highest BCUT2D eigenvalue weighted by Gasteiger charge is 2.04. The predicted octanol–water partition coefficient (Wildman–Crippen LogP) is 1.02. The molecule has 0 aliphatic rings. The summed E-state index contributed by atoms with van der Waals surface area (Å²) in [6, 6.07) is 7.69. The fourth-order valence-corrected chi connectivity index (χ4v) is 1.67. The van der Waals surface area contributed by atoms with Gasteiger partial charge in [0, 0.05) is 6.04 Å². The first-order valence-electron chi connectivity index (χ1n) is 5.97. The predicted molar refractivity (Wildman–Crippen MR) is 66.9 cm³/mol. The summed E-state index contributed by atoms with van der Waals surface area (Å²) in [5, 5.41) is 26.2. The highest BCUT2D eigenvalue weighted by molar-refractivity contribution is 5.25. The summed E-state index contributed by atoms with van der Waals surface area (Å²) >= 11 is 0. The van der Waals surface area contributed by atoms with Crippen LogP contribution in [0.4, 0.5) is 0 Å². The number of phenolic OH excluding ortho intramolecular Hbond substituents is 1. The summed E-state index contributed by atoms with van der Waals surface area (Å²) in [7, 11) is 0. The molecule has 0 aliphatic heterocycles. The van der Waals surface area contributed by atoms with Crippen LogP contribution in [0.3, 0.4) is 0 Å². The molecule has 3 N–H and O–H groups in total. The molecule has 18 heavy (non-hydrogen) atoms. The summed E-state index contributed by atoms with van der Waals surface area (Å²) in [5.41, 5.74) is 1.22. The standard InChI is InChI=1S/C12H17N5O/c1-9(13-8-12-14-16-17-15-12)2-3-10-4-6-11(18)7-5-10/h4-7,9,13,18H,2-3,8H2,1H3,(H,14,15,16,17). The van der Waals surface area contributed by atoms with Gasteiger partial charge in [-0.15, -0.1) is 10.2 Å². The number of nitrogens with one attached hydrogen (secondary N) is 2. The Labute approximate surface area is 105 Å². The Kier molecular flexibility index (Phi) is 4.25. The zero-order valence-electron chi connectivity index (χ0n) is 10.3. The van der Waals surface area contributed by atoms with E-state index in [0.717, 1.165) is 12.8 Å². The van der Waals surface area contributed by atoms with Crippen molar-refractivity contribution >= 4 is 0 Å². The topological polar surface area (TPSA) is 86.7 Å². The third-order valence-electron chi connectivity index (χ3n) is 2.80. The van der Waals surface area contributed by atoms with Gasteiger partial charge in [-0.2, -0.15) is 5.21 Å². The molecule has 0 fully saturated rings. The molecule has 1 aromatic carbocycles. The van der Waals surface area contributed by atoms with Crippen molar-refractivity contribution in [1.82, 2.24) is 25.9 Å². The third kappa shape index (κ3) is 3.81. The Balaban J connectivity index is 1.71. The molecule has 6 nitrogen and oxygen atoms in total. The van der Waals surface area contributed by atoms with Gasteiger partial charge in [-0.25, -0.2) is 0 Å². The molecule has 0 radical (unpaired) electrons. The molecule has 0 amide bonds. The monoisotopic (exact) mass is 247 g/mol. The van der Waals surface area contributed by atoms with E-state index in [4.69, 9.17) is 0 Å². The van der Waals surface area contributed by atoms with Crippen LogP contribution in [0.25, 0.3) is 0 Å². The molecule has 2 aromatic rings. The molecule has 0 saturated carbocycles. The number of aromatic nitrogens is 4. The molecule has 2 rings (SSSR count). The van der Waals surface area contributed by atoms with Gasteiger partial charge in [0.25, 0.3) is 0 Å². The van der Waals surface area contributed by atoms with Gasteiger partial charge in [-0.1, -0.05) is 17.3 Å². The van der Waals surface area contributed by atoms with E-state index in [1.165, 1.54) is 5.56 Å². The quantitative estimate of drug-likeness (QED) is 0.709. The summed E-state index contributed by atoms with van der Waals surface area (Å²) in [4.78, 5) is 0. The van der Waals surface area contributed by atoms with Crippen molar-refractivity contribution < 1.29 is 5.11 Å². The van der Waals surface area contributed by atoms with Gasteiger partial charge in [0.2, 0.25) is 0 Å². The lowest BCUT2D eigenvalue weighted by atomic mass is 10.1. The molecular weight excluding hydrogens is 230 g/mol. The Hall–Kier alpha value is -1.95. The smallest absolute Gasteiger partial charge is 0.188 e. The van der Waals surface area contributed by atoms with Crippen molar-refractivity contribution in [2.45, 2.75) is 32.4 Å². The van der Waals surface area contributed by atoms with Gasteiger partial charge < -0.3 is 10.4 Å². The molecule has 1 aromatic heterocycles. The molecule has 96 valence electrons. The van der Waals surface area contributed by atoms with Crippen molar-refractivity contribution in [3.8, 4) is 5.75 Å². The number of aryl methyl sites for hydroxylation is 1. The van der Waals surface area contributed by atoms with Crippen LogP contribution in [0.15, 0.2) is 24.3 Å². The van der Waals surface area contributed by atoms with Crippen molar-refractivity contribution in [1.29, 1.82) is 0 Å². The van der Waals surface area contributed by atoms with Crippen molar-refractivity contribution in [3.05, 3.63) is 35.7 Å². The molecule has 0 saturated heterocycles. The molecule has 0 spiro atoms. The molecule has 0 aliphatic carbocycles. The van der Waals surface area contributed by atoms with Crippen LogP contribution >= 0.6 is 0 Å². The highest BCUT2D eigenvalue weighted by Crippen LogP contribution is 2.11.